The molecule has 4 nitrogen and oxygen atoms in total. The van der Waals surface area contributed by atoms with Gasteiger partial charge in [0.2, 0.25) is 0 Å². The molecule has 2 unspecified atom stereocenters. The Morgan fingerprint density at radius 3 is 1.68 bits per heavy atom. The number of fused-ring (bicyclic) bond motifs is 9. The first-order chi connectivity index (χ1) is 27.4. The number of aromatic nitrogens is 2. The Hall–Kier alpha value is -6.78. The number of hydrogen-bond acceptors (Lipinski definition) is 2. The number of para-hydroxylation sites is 2. The van der Waals surface area contributed by atoms with E-state index in [4.69, 9.17) is 0 Å². The van der Waals surface area contributed by atoms with Crippen molar-refractivity contribution in [3.05, 3.63) is 180 Å². The summed E-state index contributed by atoms with van der Waals surface area (Å²) in [7, 11) is 0. The highest BCUT2D eigenvalue weighted by molar-refractivity contribution is 6.12. The van der Waals surface area contributed by atoms with Gasteiger partial charge in [0.25, 0.3) is 0 Å². The third kappa shape index (κ3) is 4.92. The molecule has 0 amide bonds. The second-order valence-electron chi connectivity index (χ2n) is 15.7. The molecule has 2 aromatic heterocycles. The first-order valence-electron chi connectivity index (χ1n) is 19.7. The first kappa shape index (κ1) is 32.6. The molecule has 9 aromatic rings. The smallest absolute Gasteiger partial charge is 0.116 e. The average Bonchev–Trinajstić information content (AvgIpc) is 3.73. The van der Waals surface area contributed by atoms with E-state index in [2.05, 4.69) is 144 Å². The zero-order valence-corrected chi connectivity index (χ0v) is 31.4. The van der Waals surface area contributed by atoms with E-state index >= 15 is 0 Å². The Morgan fingerprint density at radius 1 is 0.464 bits per heavy atom. The molecule has 0 aliphatic heterocycles. The van der Waals surface area contributed by atoms with E-state index in [9.17, 15) is 10.2 Å². The molecule has 7 aromatic carbocycles. The van der Waals surface area contributed by atoms with Crippen LogP contribution >= 0.6 is 0 Å². The predicted molar refractivity (Wildman–Crippen MR) is 231 cm³/mol. The first-order valence-corrected chi connectivity index (χ1v) is 19.7. The Morgan fingerprint density at radius 2 is 1.02 bits per heavy atom. The zero-order chi connectivity index (χ0) is 37.7. The van der Waals surface area contributed by atoms with Crippen LogP contribution in [0, 0.1) is 0 Å². The highest BCUT2D eigenvalue weighted by Crippen LogP contribution is 2.52. The maximum absolute atomic E-state index is 10.3. The number of nitrogens with zero attached hydrogens (tertiary/aromatic N) is 2. The molecule has 2 aliphatic rings. The van der Waals surface area contributed by atoms with Gasteiger partial charge < -0.3 is 19.3 Å². The van der Waals surface area contributed by atoms with Crippen molar-refractivity contribution in [1.82, 2.24) is 9.13 Å². The van der Waals surface area contributed by atoms with Gasteiger partial charge in [-0.15, -0.1) is 0 Å². The summed E-state index contributed by atoms with van der Waals surface area (Å²) in [6.45, 7) is 4.78. The largest absolute Gasteiger partial charge is 0.508 e. The number of phenolic OH excluding ortho intramolecular Hbond substituents is 2. The maximum atomic E-state index is 10.3. The molecular weight excluding hydrogens is 685 g/mol. The number of aromatic hydroxyl groups is 2. The highest BCUT2D eigenvalue weighted by atomic mass is 16.3. The van der Waals surface area contributed by atoms with E-state index in [-0.39, 0.29) is 5.75 Å². The summed E-state index contributed by atoms with van der Waals surface area (Å²) in [5.41, 5.74) is 18.3. The molecule has 2 heterocycles. The minimum atomic E-state index is 0.270. The minimum Gasteiger partial charge on any atom is -0.508 e. The Labute approximate surface area is 325 Å². The lowest BCUT2D eigenvalue weighted by atomic mass is 9.72. The van der Waals surface area contributed by atoms with E-state index in [1.165, 1.54) is 72.0 Å². The molecule has 270 valence electrons. The van der Waals surface area contributed by atoms with Gasteiger partial charge >= 0.3 is 0 Å². The second kappa shape index (κ2) is 12.4. The summed E-state index contributed by atoms with van der Waals surface area (Å²) in [6, 6.07) is 53.3. The summed E-state index contributed by atoms with van der Waals surface area (Å²) < 4.78 is 4.91. The van der Waals surface area contributed by atoms with Crippen LogP contribution in [0.1, 0.15) is 60.1 Å². The monoisotopic (exact) mass is 724 g/mol. The Bertz CT molecular complexity index is 3070. The number of hydrogen-bond donors (Lipinski definition) is 2. The van der Waals surface area contributed by atoms with Crippen LogP contribution in [-0.4, -0.2) is 19.3 Å². The van der Waals surface area contributed by atoms with Gasteiger partial charge in [0.05, 0.1) is 16.6 Å². The fourth-order valence-corrected chi connectivity index (χ4v) is 9.70. The minimum absolute atomic E-state index is 0.270. The van der Waals surface area contributed by atoms with Gasteiger partial charge in [-0.2, -0.15) is 0 Å². The topological polar surface area (TPSA) is 50.3 Å². The van der Waals surface area contributed by atoms with Crippen LogP contribution in [0.3, 0.4) is 0 Å². The quantitative estimate of drug-likeness (QED) is 0.190. The van der Waals surface area contributed by atoms with Crippen molar-refractivity contribution in [3.8, 4) is 45.1 Å². The van der Waals surface area contributed by atoms with Gasteiger partial charge in [0, 0.05) is 38.8 Å². The van der Waals surface area contributed by atoms with Gasteiger partial charge in [-0.1, -0.05) is 80.6 Å². The third-order valence-electron chi connectivity index (χ3n) is 12.6. The van der Waals surface area contributed by atoms with Gasteiger partial charge in [0.1, 0.15) is 11.5 Å². The molecule has 2 atom stereocenters. The van der Waals surface area contributed by atoms with Crippen molar-refractivity contribution >= 4 is 44.4 Å². The molecule has 0 radical (unpaired) electrons. The van der Waals surface area contributed by atoms with E-state index < -0.39 is 0 Å². The molecule has 2 aliphatic carbocycles. The Kier molecular flexibility index (Phi) is 7.21. The van der Waals surface area contributed by atoms with Crippen molar-refractivity contribution in [2.45, 2.75) is 38.5 Å². The lowest BCUT2D eigenvalue weighted by Crippen LogP contribution is -2.13. The normalized spacial score (nSPS) is 16.1. The standard InChI is InChI=1S/C52H40N2O2/c1-31-32(2)42-28-48-46-26-36(34-12-10-18-40(56)24-34)20-22-50(46)54(38-15-7-4-8-16-38)52(48)30-44(42)43-29-51-47(27-41(31)43)45-25-35(33-11-9-17-39(55)23-33)19-21-49(45)53(51)37-13-5-3-6-14-37/h3-19,21,23-32,55-56H,20,22H2,1-2H3. The van der Waals surface area contributed by atoms with Gasteiger partial charge in [0.15, 0.2) is 0 Å². The lowest BCUT2D eigenvalue weighted by Gasteiger charge is -2.32. The van der Waals surface area contributed by atoms with E-state index in [1.54, 1.807) is 12.1 Å². The molecule has 4 heteroatoms. The third-order valence-corrected chi connectivity index (χ3v) is 12.6. The maximum Gasteiger partial charge on any atom is 0.116 e. The number of phenols is 2. The van der Waals surface area contributed by atoms with Crippen LogP contribution in [0.2, 0.25) is 0 Å². The molecule has 0 fully saturated rings. The lowest BCUT2D eigenvalue weighted by molar-refractivity contribution is 0.474. The van der Waals surface area contributed by atoms with Crippen molar-refractivity contribution in [3.63, 3.8) is 0 Å². The zero-order valence-electron chi connectivity index (χ0n) is 31.4. The summed E-state index contributed by atoms with van der Waals surface area (Å²) in [5, 5.41) is 24.4. The molecule has 56 heavy (non-hydrogen) atoms. The van der Waals surface area contributed by atoms with E-state index in [0.29, 0.717) is 17.6 Å². The van der Waals surface area contributed by atoms with E-state index in [0.717, 1.165) is 40.7 Å². The van der Waals surface area contributed by atoms with Gasteiger partial charge in [-0.05, 0) is 160 Å². The SMILES string of the molecule is CC1c2cc3c4c(n(-c5ccccc5)c3cc2-c2cc3c(cc2C1C)c1cc(-c2cccc(O)c2)ccc1n3-c1ccccc1)CCC(c1cccc(O)c1)=C4. The molecule has 11 rings (SSSR count). The second-order valence-corrected chi connectivity index (χ2v) is 15.7. The van der Waals surface area contributed by atoms with Crippen molar-refractivity contribution in [2.75, 3.05) is 0 Å². The van der Waals surface area contributed by atoms with Crippen LogP contribution in [0.25, 0.3) is 78.0 Å². The van der Waals surface area contributed by atoms with Gasteiger partial charge in [-0.25, -0.2) is 0 Å². The summed E-state index contributed by atoms with van der Waals surface area (Å²) in [5.74, 6) is 1.17. The van der Waals surface area contributed by atoms with Crippen molar-refractivity contribution in [2.24, 2.45) is 0 Å². The van der Waals surface area contributed by atoms with Crippen LogP contribution < -0.4 is 0 Å². The fraction of sp³-hybridized carbons (Fsp3) is 0.115. The van der Waals surface area contributed by atoms with Gasteiger partial charge in [-0.3, -0.25) is 0 Å². The number of allylic oxidation sites excluding steroid dienone is 1. The highest BCUT2D eigenvalue weighted by Gasteiger charge is 2.32. The molecule has 0 bridgehead atoms. The molecule has 0 saturated carbocycles. The summed E-state index contributed by atoms with van der Waals surface area (Å²) in [6.07, 6.45) is 4.19. The van der Waals surface area contributed by atoms with Crippen molar-refractivity contribution < 1.29 is 10.2 Å². The number of benzene rings is 7. The van der Waals surface area contributed by atoms with Crippen LogP contribution in [-0.2, 0) is 6.42 Å². The molecule has 2 N–H and O–H groups in total. The molecule has 0 saturated heterocycles. The van der Waals surface area contributed by atoms with Crippen LogP contribution in [0.15, 0.2) is 152 Å². The molecule has 0 spiro atoms. The summed E-state index contributed by atoms with van der Waals surface area (Å²) >= 11 is 0. The number of rotatable bonds is 4. The predicted octanol–water partition coefficient (Wildman–Crippen LogP) is 13.2. The fourth-order valence-electron chi connectivity index (χ4n) is 9.70. The Balaban J connectivity index is 1.18. The van der Waals surface area contributed by atoms with Crippen LogP contribution in [0.5, 0.6) is 11.5 Å². The van der Waals surface area contributed by atoms with E-state index in [1.807, 2.05) is 24.3 Å². The van der Waals surface area contributed by atoms with Crippen molar-refractivity contribution in [1.29, 1.82) is 0 Å². The summed E-state index contributed by atoms with van der Waals surface area (Å²) in [4.78, 5) is 0. The van der Waals surface area contributed by atoms with Crippen LogP contribution in [0.4, 0.5) is 0 Å². The molecular formula is C52H40N2O2. The average molecular weight is 725 g/mol.